The second-order valence-corrected chi connectivity index (χ2v) is 14.7. The molecular formula is C28H40N2O3S. The van der Waals surface area contributed by atoms with Gasteiger partial charge in [-0.05, 0) is 93.1 Å². The van der Waals surface area contributed by atoms with Crippen molar-refractivity contribution in [3.05, 3.63) is 30.3 Å². The number of fused-ring (bicyclic) bond motifs is 5. The number of nitrogens with one attached hydrogen (secondary N) is 1. The highest BCUT2D eigenvalue weighted by Gasteiger charge is 2.70. The fourth-order valence-corrected chi connectivity index (χ4v) is 11.8. The summed E-state index contributed by atoms with van der Waals surface area (Å²) < 4.78 is 28.8. The largest absolute Gasteiger partial charge is 0.342 e. The molecule has 4 aliphatic carbocycles. The minimum Gasteiger partial charge on any atom is -0.342 e. The number of likely N-dealkylation sites (tertiary alicyclic amines) is 1. The van der Waals surface area contributed by atoms with E-state index >= 15 is 0 Å². The number of carbonyl (C=O) groups is 1. The van der Waals surface area contributed by atoms with Crippen molar-refractivity contribution >= 4 is 15.7 Å². The molecule has 2 unspecified atom stereocenters. The van der Waals surface area contributed by atoms with E-state index in [-0.39, 0.29) is 10.8 Å². The van der Waals surface area contributed by atoms with Gasteiger partial charge in [0.25, 0.3) is 0 Å². The van der Waals surface area contributed by atoms with Gasteiger partial charge in [0.15, 0.2) is 9.84 Å². The van der Waals surface area contributed by atoms with Gasteiger partial charge in [-0.25, -0.2) is 8.42 Å². The van der Waals surface area contributed by atoms with E-state index in [1.54, 1.807) is 12.1 Å². The molecule has 7 atom stereocenters. The lowest BCUT2D eigenvalue weighted by Gasteiger charge is -2.62. The third-order valence-corrected chi connectivity index (χ3v) is 13.8. The summed E-state index contributed by atoms with van der Waals surface area (Å²) in [7, 11) is -1.54. The molecular weight excluding hydrogens is 444 g/mol. The lowest BCUT2D eigenvalue weighted by atomic mass is 9.47. The molecule has 5 nitrogen and oxygen atoms in total. The highest BCUT2D eigenvalue weighted by atomic mass is 32.2. The summed E-state index contributed by atoms with van der Waals surface area (Å²) in [5.41, 5.74) is -0.120. The normalized spacial score (nSPS) is 44.3. The molecule has 1 N–H and O–H groups in total. The van der Waals surface area contributed by atoms with E-state index in [2.05, 4.69) is 19.2 Å². The van der Waals surface area contributed by atoms with Gasteiger partial charge in [0.05, 0.1) is 4.90 Å². The molecule has 6 heteroatoms. The van der Waals surface area contributed by atoms with Gasteiger partial charge < -0.3 is 4.90 Å². The van der Waals surface area contributed by atoms with Crippen LogP contribution >= 0.6 is 0 Å². The van der Waals surface area contributed by atoms with Crippen LogP contribution in [0.4, 0.5) is 0 Å². The van der Waals surface area contributed by atoms with E-state index in [0.717, 1.165) is 51.4 Å². The van der Waals surface area contributed by atoms with Crippen molar-refractivity contribution in [2.45, 2.75) is 99.9 Å². The highest BCUT2D eigenvalue weighted by molar-refractivity contribution is 7.92. The van der Waals surface area contributed by atoms with E-state index in [1.807, 2.05) is 30.1 Å². The number of piperidine rings is 1. The first-order chi connectivity index (χ1) is 16.1. The summed E-state index contributed by atoms with van der Waals surface area (Å²) in [5, 5.41) is 3.78. The fourth-order valence-electron chi connectivity index (χ4n) is 9.26. The SMILES string of the molecule is CN1C(=O)CC[C@@]2(C)C1CC[C@@H]1[C@H]2CC[C@@]2(C)[C@H]1CCC2(NC1CC1)S(=O)(=O)c1ccccc1. The van der Waals surface area contributed by atoms with Crippen molar-refractivity contribution in [3.63, 3.8) is 0 Å². The van der Waals surface area contributed by atoms with Crippen LogP contribution in [0.3, 0.4) is 0 Å². The van der Waals surface area contributed by atoms with Crippen molar-refractivity contribution in [1.29, 1.82) is 0 Å². The Morgan fingerprint density at radius 2 is 1.62 bits per heavy atom. The monoisotopic (exact) mass is 484 g/mol. The van der Waals surface area contributed by atoms with Gasteiger partial charge in [-0.2, -0.15) is 0 Å². The number of amides is 1. The predicted molar refractivity (Wildman–Crippen MR) is 133 cm³/mol. The topological polar surface area (TPSA) is 66.5 Å². The summed E-state index contributed by atoms with van der Waals surface area (Å²) in [4.78, 5) is 14.1. The summed E-state index contributed by atoms with van der Waals surface area (Å²) in [6.45, 7) is 4.74. The van der Waals surface area contributed by atoms with Gasteiger partial charge in [-0.3, -0.25) is 10.1 Å². The molecule has 0 spiro atoms. The predicted octanol–water partition coefficient (Wildman–Crippen LogP) is 4.77. The van der Waals surface area contributed by atoms with E-state index in [9.17, 15) is 13.2 Å². The van der Waals surface area contributed by atoms with Crippen LogP contribution in [0.1, 0.15) is 78.1 Å². The molecule has 5 fully saturated rings. The number of rotatable bonds is 4. The molecule has 5 aliphatic rings. The second-order valence-electron chi connectivity index (χ2n) is 12.5. The molecule has 186 valence electrons. The first-order valence-corrected chi connectivity index (χ1v) is 15.0. The minimum absolute atomic E-state index is 0.153. The van der Waals surface area contributed by atoms with E-state index in [1.165, 1.54) is 0 Å². The second kappa shape index (κ2) is 7.55. The van der Waals surface area contributed by atoms with Crippen LogP contribution < -0.4 is 5.32 Å². The van der Waals surface area contributed by atoms with Crippen LogP contribution in [0.5, 0.6) is 0 Å². The number of hydrogen-bond acceptors (Lipinski definition) is 4. The lowest BCUT2D eigenvalue weighted by molar-refractivity contribution is -0.158. The molecule has 0 radical (unpaired) electrons. The first kappa shape index (κ1) is 23.0. The molecule has 1 heterocycles. The Hall–Kier alpha value is -1.40. The van der Waals surface area contributed by atoms with Gasteiger partial charge in [-0.1, -0.05) is 32.0 Å². The van der Waals surface area contributed by atoms with Crippen molar-refractivity contribution in [3.8, 4) is 0 Å². The van der Waals surface area contributed by atoms with Gasteiger partial charge in [0, 0.05) is 31.0 Å². The van der Waals surface area contributed by atoms with Gasteiger partial charge >= 0.3 is 0 Å². The smallest absolute Gasteiger partial charge is 0.222 e. The zero-order chi connectivity index (χ0) is 23.9. The minimum atomic E-state index is -3.54. The summed E-state index contributed by atoms with van der Waals surface area (Å²) in [6, 6.07) is 9.85. The number of benzene rings is 1. The van der Waals surface area contributed by atoms with Crippen LogP contribution in [0.2, 0.25) is 0 Å². The zero-order valence-corrected chi connectivity index (χ0v) is 21.7. The standard InChI is InChI=1S/C28H40N2O3S/c1-26-16-15-25(31)30(3)24(26)12-11-21-22(26)13-17-27(2)23(21)14-18-28(27,29-19-9-10-19)34(32,33)20-7-5-4-6-8-20/h4-8,19,21-24,29H,9-18H2,1-3H3/t21-,22-,23+,24?,26-,27+,28?/m1/s1. The average Bonchev–Trinajstić information content (AvgIpc) is 3.58. The Kier molecular flexibility index (Phi) is 5.11. The van der Waals surface area contributed by atoms with E-state index in [0.29, 0.717) is 53.5 Å². The number of hydrogen-bond donors (Lipinski definition) is 1. The fraction of sp³-hybridized carbons (Fsp3) is 0.750. The molecule has 6 rings (SSSR count). The molecule has 1 aromatic carbocycles. The highest BCUT2D eigenvalue weighted by Crippen LogP contribution is 2.68. The van der Waals surface area contributed by atoms with Crippen LogP contribution in [0.25, 0.3) is 0 Å². The Bertz CT molecular complexity index is 1090. The molecule has 4 saturated carbocycles. The third kappa shape index (κ3) is 2.93. The Morgan fingerprint density at radius 3 is 2.32 bits per heavy atom. The van der Waals surface area contributed by atoms with E-state index in [4.69, 9.17) is 0 Å². The molecule has 1 amide bonds. The maximum absolute atomic E-state index is 14.4. The lowest BCUT2D eigenvalue weighted by Crippen LogP contribution is -2.66. The van der Waals surface area contributed by atoms with Crippen LogP contribution in [0, 0.1) is 28.6 Å². The van der Waals surface area contributed by atoms with Crippen LogP contribution in [-0.4, -0.2) is 43.2 Å². The van der Waals surface area contributed by atoms with Gasteiger partial charge in [-0.15, -0.1) is 0 Å². The average molecular weight is 485 g/mol. The number of sulfone groups is 1. The zero-order valence-electron chi connectivity index (χ0n) is 20.9. The van der Waals surface area contributed by atoms with Crippen LogP contribution in [-0.2, 0) is 14.6 Å². The van der Waals surface area contributed by atoms with Crippen molar-refractivity contribution in [2.24, 2.45) is 28.6 Å². The molecule has 0 bridgehead atoms. The first-order valence-electron chi connectivity index (χ1n) is 13.5. The van der Waals surface area contributed by atoms with Crippen molar-refractivity contribution < 1.29 is 13.2 Å². The third-order valence-electron chi connectivity index (χ3n) is 11.2. The van der Waals surface area contributed by atoms with E-state index < -0.39 is 14.7 Å². The number of nitrogens with zero attached hydrogens (tertiary/aromatic N) is 1. The Balaban J connectivity index is 1.39. The molecule has 0 aromatic heterocycles. The van der Waals surface area contributed by atoms with Crippen molar-refractivity contribution in [2.75, 3.05) is 7.05 Å². The van der Waals surface area contributed by atoms with Crippen molar-refractivity contribution in [1.82, 2.24) is 10.2 Å². The maximum atomic E-state index is 14.4. The summed E-state index contributed by atoms with van der Waals surface area (Å²) >= 11 is 0. The Labute approximate surface area is 205 Å². The Morgan fingerprint density at radius 1 is 0.912 bits per heavy atom. The van der Waals surface area contributed by atoms with Gasteiger partial charge in [0.2, 0.25) is 5.91 Å². The summed E-state index contributed by atoms with van der Waals surface area (Å²) in [5.74, 6) is 1.84. The summed E-state index contributed by atoms with van der Waals surface area (Å²) in [6.07, 6.45) is 9.70. The molecule has 1 aliphatic heterocycles. The number of carbonyl (C=O) groups excluding carboxylic acids is 1. The molecule has 1 saturated heterocycles. The molecule has 1 aromatic rings. The maximum Gasteiger partial charge on any atom is 0.222 e. The quantitative estimate of drug-likeness (QED) is 0.668. The molecule has 34 heavy (non-hydrogen) atoms. The van der Waals surface area contributed by atoms with Gasteiger partial charge in [0.1, 0.15) is 4.87 Å². The van der Waals surface area contributed by atoms with Crippen LogP contribution in [0.15, 0.2) is 35.2 Å².